The van der Waals surface area contributed by atoms with E-state index in [1.165, 1.54) is 37.1 Å². The number of aromatic nitrogens is 2. The highest BCUT2D eigenvalue weighted by Gasteiger charge is 2.18. The fourth-order valence-corrected chi connectivity index (χ4v) is 3.38. The van der Waals surface area contributed by atoms with Crippen LogP contribution in [0.3, 0.4) is 0 Å². The average molecular weight is 455 g/mol. The second-order valence-electron chi connectivity index (χ2n) is 6.80. The lowest BCUT2D eigenvalue weighted by Crippen LogP contribution is -2.25. The van der Waals surface area contributed by atoms with Gasteiger partial charge >= 0.3 is 11.9 Å². The van der Waals surface area contributed by atoms with Crippen molar-refractivity contribution in [2.45, 2.75) is 6.92 Å². The lowest BCUT2D eigenvalue weighted by Gasteiger charge is -2.12. The predicted octanol–water partition coefficient (Wildman–Crippen LogP) is 2.87. The molecule has 166 valence electrons. The van der Waals surface area contributed by atoms with E-state index in [0.717, 1.165) is 0 Å². The van der Waals surface area contributed by atoms with Gasteiger partial charge in [0, 0.05) is 12.7 Å². The molecule has 3 rings (SSSR count). The van der Waals surface area contributed by atoms with Crippen molar-refractivity contribution in [3.63, 3.8) is 0 Å². The highest BCUT2D eigenvalue weighted by atomic mass is 32.1. The van der Waals surface area contributed by atoms with E-state index in [9.17, 15) is 14.4 Å². The number of thiocarbonyl (C=S) groups is 1. The van der Waals surface area contributed by atoms with Crippen molar-refractivity contribution in [2.75, 3.05) is 24.9 Å². The van der Waals surface area contributed by atoms with E-state index in [1.54, 1.807) is 18.7 Å². The molecule has 1 aromatic heterocycles. The summed E-state index contributed by atoms with van der Waals surface area (Å²) in [5.74, 6) is -1.25. The number of carbonyl (C=O) groups excluding carboxylic acids is 2. The van der Waals surface area contributed by atoms with Crippen molar-refractivity contribution < 1.29 is 19.1 Å². The van der Waals surface area contributed by atoms with Gasteiger partial charge in [-0.15, -0.1) is 0 Å². The van der Waals surface area contributed by atoms with E-state index in [0.29, 0.717) is 22.8 Å². The zero-order valence-electron chi connectivity index (χ0n) is 18.0. The summed E-state index contributed by atoms with van der Waals surface area (Å²) in [6.45, 7) is 1.79. The first-order valence-corrected chi connectivity index (χ1v) is 9.91. The Morgan fingerprint density at radius 1 is 0.938 bits per heavy atom. The number of ether oxygens (including phenoxy) is 2. The number of esters is 2. The van der Waals surface area contributed by atoms with E-state index < -0.39 is 11.9 Å². The molecule has 0 radical (unpaired) electrons. The number of nitrogens with zero attached hydrogens (tertiary/aromatic N) is 2. The number of hydrogen-bond acceptors (Lipinski definition) is 6. The van der Waals surface area contributed by atoms with Crippen LogP contribution >= 0.6 is 12.2 Å². The maximum atomic E-state index is 13.0. The first-order chi connectivity index (χ1) is 15.3. The molecule has 0 aliphatic heterocycles. The number of hydrogen-bond donors (Lipinski definition) is 2. The summed E-state index contributed by atoms with van der Waals surface area (Å²) in [6.07, 6.45) is 0. The van der Waals surface area contributed by atoms with Gasteiger partial charge in [-0.2, -0.15) is 0 Å². The predicted molar refractivity (Wildman–Crippen MR) is 125 cm³/mol. The standard InChI is InChI=1S/C22H22N4O5S/c1-13-18(19(27)26(25(13)2)17-8-6-5-7-9-17)24-22(32)23-16-11-14(20(28)30-3)10-15(12-16)21(29)31-4/h5-12H,1-4H3,(H2,23,24,32). The molecular weight excluding hydrogens is 432 g/mol. The maximum absolute atomic E-state index is 13.0. The molecule has 0 amide bonds. The number of rotatable bonds is 5. The fraction of sp³-hybridized carbons (Fsp3) is 0.182. The third-order valence-corrected chi connectivity index (χ3v) is 5.03. The molecule has 32 heavy (non-hydrogen) atoms. The highest BCUT2D eigenvalue weighted by molar-refractivity contribution is 7.80. The molecule has 0 saturated heterocycles. The maximum Gasteiger partial charge on any atom is 0.337 e. The van der Waals surface area contributed by atoms with Gasteiger partial charge in [-0.05, 0) is 49.5 Å². The molecule has 0 atom stereocenters. The molecule has 0 saturated carbocycles. The van der Waals surface area contributed by atoms with Crippen molar-refractivity contribution in [3.05, 3.63) is 75.7 Å². The molecule has 0 aliphatic rings. The van der Waals surface area contributed by atoms with E-state index in [4.69, 9.17) is 21.7 Å². The van der Waals surface area contributed by atoms with Crippen molar-refractivity contribution in [1.82, 2.24) is 9.36 Å². The van der Waals surface area contributed by atoms with Gasteiger partial charge in [-0.1, -0.05) is 18.2 Å². The molecule has 2 aromatic carbocycles. The van der Waals surface area contributed by atoms with E-state index in [1.807, 2.05) is 30.3 Å². The van der Waals surface area contributed by atoms with Gasteiger partial charge in [0.2, 0.25) is 0 Å². The molecule has 0 fully saturated rings. The SMILES string of the molecule is COC(=O)c1cc(NC(=S)Nc2c(C)n(C)n(-c3ccccc3)c2=O)cc(C(=O)OC)c1. The minimum atomic E-state index is -0.623. The molecule has 2 N–H and O–H groups in total. The highest BCUT2D eigenvalue weighted by Crippen LogP contribution is 2.19. The van der Waals surface area contributed by atoms with Crippen LogP contribution in [0.2, 0.25) is 0 Å². The average Bonchev–Trinajstić information content (AvgIpc) is 3.01. The summed E-state index contributed by atoms with van der Waals surface area (Å²) < 4.78 is 12.7. The fourth-order valence-electron chi connectivity index (χ4n) is 3.16. The Bertz CT molecular complexity index is 1210. The summed E-state index contributed by atoms with van der Waals surface area (Å²) in [5.41, 5.74) is 2.03. The van der Waals surface area contributed by atoms with E-state index >= 15 is 0 Å². The van der Waals surface area contributed by atoms with Gasteiger partial charge in [-0.3, -0.25) is 9.48 Å². The lowest BCUT2D eigenvalue weighted by molar-refractivity contribution is 0.0599. The minimum Gasteiger partial charge on any atom is -0.465 e. The third kappa shape index (κ3) is 4.54. The molecular formula is C22H22N4O5S. The Labute approximate surface area is 189 Å². The summed E-state index contributed by atoms with van der Waals surface area (Å²) in [6, 6.07) is 13.5. The van der Waals surface area contributed by atoms with Gasteiger partial charge in [0.15, 0.2) is 5.11 Å². The Balaban J connectivity index is 1.90. The van der Waals surface area contributed by atoms with Crippen molar-refractivity contribution in [2.24, 2.45) is 7.05 Å². The zero-order valence-corrected chi connectivity index (χ0v) is 18.8. The zero-order chi connectivity index (χ0) is 23.4. The summed E-state index contributed by atoms with van der Waals surface area (Å²) >= 11 is 5.37. The van der Waals surface area contributed by atoms with Gasteiger partial charge in [-0.25, -0.2) is 14.3 Å². The molecule has 0 spiro atoms. The monoisotopic (exact) mass is 454 g/mol. The minimum absolute atomic E-state index is 0.105. The van der Waals surface area contributed by atoms with Crippen LogP contribution in [0, 0.1) is 6.92 Å². The Morgan fingerprint density at radius 2 is 1.50 bits per heavy atom. The number of nitrogens with one attached hydrogen (secondary N) is 2. The lowest BCUT2D eigenvalue weighted by atomic mass is 10.1. The van der Waals surface area contributed by atoms with Crippen molar-refractivity contribution >= 4 is 40.6 Å². The Morgan fingerprint density at radius 3 is 2.03 bits per heavy atom. The molecule has 3 aromatic rings. The van der Waals surface area contributed by atoms with E-state index in [2.05, 4.69) is 10.6 Å². The number of benzene rings is 2. The number of carbonyl (C=O) groups is 2. The topological polar surface area (TPSA) is 104 Å². The number of anilines is 2. The summed E-state index contributed by atoms with van der Waals surface area (Å²) in [4.78, 5) is 37.0. The van der Waals surface area contributed by atoms with Gasteiger partial charge < -0.3 is 20.1 Å². The molecule has 9 nitrogen and oxygen atoms in total. The molecule has 0 aliphatic carbocycles. The summed E-state index contributed by atoms with van der Waals surface area (Å²) in [5, 5.41) is 5.92. The second kappa shape index (κ2) is 9.48. The molecule has 0 bridgehead atoms. The Hall–Kier alpha value is -3.92. The quantitative estimate of drug-likeness (QED) is 0.448. The Kier molecular flexibility index (Phi) is 6.74. The number of methoxy groups -OCH3 is 2. The van der Waals surface area contributed by atoms with Crippen LogP contribution in [0.25, 0.3) is 5.69 Å². The van der Waals surface area contributed by atoms with Gasteiger partial charge in [0.25, 0.3) is 5.56 Å². The van der Waals surface area contributed by atoms with Crippen LogP contribution in [-0.4, -0.2) is 40.6 Å². The van der Waals surface area contributed by atoms with Crippen LogP contribution in [0.5, 0.6) is 0 Å². The first kappa shape index (κ1) is 22.8. The normalized spacial score (nSPS) is 10.4. The van der Waals surface area contributed by atoms with Crippen molar-refractivity contribution in [1.29, 1.82) is 0 Å². The third-order valence-electron chi connectivity index (χ3n) is 4.83. The van der Waals surface area contributed by atoms with Crippen LogP contribution in [0.15, 0.2) is 53.3 Å². The van der Waals surface area contributed by atoms with Crippen LogP contribution < -0.4 is 16.2 Å². The van der Waals surface area contributed by atoms with E-state index in [-0.39, 0.29) is 21.8 Å². The smallest absolute Gasteiger partial charge is 0.337 e. The molecule has 1 heterocycles. The summed E-state index contributed by atoms with van der Waals surface area (Å²) in [7, 11) is 4.25. The van der Waals surface area contributed by atoms with Crippen LogP contribution in [0.4, 0.5) is 11.4 Å². The first-order valence-electron chi connectivity index (χ1n) is 9.50. The van der Waals surface area contributed by atoms with Crippen molar-refractivity contribution in [3.8, 4) is 5.69 Å². The number of para-hydroxylation sites is 1. The van der Waals surface area contributed by atoms with Crippen LogP contribution in [-0.2, 0) is 16.5 Å². The molecule has 10 heteroatoms. The molecule has 0 unspecified atom stereocenters. The second-order valence-corrected chi connectivity index (χ2v) is 7.21. The van der Waals surface area contributed by atoms with Gasteiger partial charge in [0.1, 0.15) is 5.69 Å². The van der Waals surface area contributed by atoms with Gasteiger partial charge in [0.05, 0.1) is 36.7 Å². The largest absolute Gasteiger partial charge is 0.465 e. The van der Waals surface area contributed by atoms with Crippen LogP contribution in [0.1, 0.15) is 26.4 Å².